The number of ether oxygens (including phenoxy) is 2. The second-order valence-electron chi connectivity index (χ2n) is 6.30. The molecule has 2 aromatic rings. The van der Waals surface area contributed by atoms with Crippen molar-refractivity contribution in [1.82, 2.24) is 4.90 Å². The number of nitrogens with one attached hydrogen (secondary N) is 1. The van der Waals surface area contributed by atoms with Gasteiger partial charge >= 0.3 is 0 Å². The van der Waals surface area contributed by atoms with Gasteiger partial charge in [-0.05, 0) is 56.7 Å². The van der Waals surface area contributed by atoms with Gasteiger partial charge in [0.15, 0.2) is 6.10 Å². The third-order valence-electron chi connectivity index (χ3n) is 4.17. The van der Waals surface area contributed by atoms with Crippen LogP contribution in [0.2, 0.25) is 5.02 Å². The summed E-state index contributed by atoms with van der Waals surface area (Å²) >= 11 is 5.95. The highest BCUT2D eigenvalue weighted by atomic mass is 35.5. The van der Waals surface area contributed by atoms with Crippen LogP contribution >= 0.6 is 11.6 Å². The summed E-state index contributed by atoms with van der Waals surface area (Å²) < 4.78 is 10.9. The average molecular weight is 405 g/mol. The Labute approximate surface area is 170 Å². The van der Waals surface area contributed by atoms with Crippen LogP contribution in [0.1, 0.15) is 19.4 Å². The van der Waals surface area contributed by atoms with Crippen LogP contribution < -0.4 is 14.8 Å². The van der Waals surface area contributed by atoms with Gasteiger partial charge in [-0.25, -0.2) is 0 Å². The molecule has 0 saturated carbocycles. The molecule has 1 atom stereocenters. The second kappa shape index (κ2) is 9.99. The minimum atomic E-state index is -0.732. The Balaban J connectivity index is 1.98. The molecular weight excluding hydrogens is 380 g/mol. The topological polar surface area (TPSA) is 67.9 Å². The van der Waals surface area contributed by atoms with Crippen LogP contribution in [-0.2, 0) is 9.59 Å². The molecule has 2 aromatic carbocycles. The zero-order chi connectivity index (χ0) is 20.7. The molecule has 2 amide bonds. The molecule has 150 valence electrons. The van der Waals surface area contributed by atoms with Gasteiger partial charge in [0.1, 0.15) is 11.5 Å². The molecular formula is C21H25ClN2O4. The van der Waals surface area contributed by atoms with Crippen LogP contribution in [-0.4, -0.2) is 43.0 Å². The van der Waals surface area contributed by atoms with Crippen molar-refractivity contribution < 1.29 is 19.1 Å². The predicted molar refractivity (Wildman–Crippen MR) is 110 cm³/mol. The average Bonchev–Trinajstić information content (AvgIpc) is 2.67. The minimum absolute atomic E-state index is 0.0696. The quantitative estimate of drug-likeness (QED) is 0.724. The van der Waals surface area contributed by atoms with E-state index in [4.69, 9.17) is 21.1 Å². The minimum Gasteiger partial charge on any atom is -0.497 e. The summed E-state index contributed by atoms with van der Waals surface area (Å²) in [7, 11) is 1.56. The molecule has 0 aliphatic heterocycles. The van der Waals surface area contributed by atoms with Gasteiger partial charge in [0.05, 0.1) is 13.7 Å². The predicted octanol–water partition coefficient (Wildman–Crippen LogP) is 3.91. The third kappa shape index (κ3) is 5.89. The van der Waals surface area contributed by atoms with Crippen LogP contribution in [0.5, 0.6) is 11.5 Å². The largest absolute Gasteiger partial charge is 0.497 e. The SMILES string of the molecule is CCN(CC(=O)Nc1cccc(OC)c1)C(=O)C(C)Oc1ccc(Cl)cc1C. The van der Waals surface area contributed by atoms with E-state index in [1.807, 2.05) is 13.8 Å². The standard InChI is InChI=1S/C21H25ClN2O4/c1-5-24(13-20(25)23-17-7-6-8-18(12-17)27-4)21(26)15(3)28-19-10-9-16(22)11-14(19)2/h6-12,15H,5,13H2,1-4H3,(H,23,25). The Kier molecular flexibility index (Phi) is 7.70. The maximum Gasteiger partial charge on any atom is 0.263 e. The summed E-state index contributed by atoms with van der Waals surface area (Å²) in [6, 6.07) is 12.2. The maximum atomic E-state index is 12.7. The number of rotatable bonds is 8. The number of anilines is 1. The highest BCUT2D eigenvalue weighted by Gasteiger charge is 2.23. The van der Waals surface area contributed by atoms with E-state index < -0.39 is 6.10 Å². The Bertz CT molecular complexity index is 841. The van der Waals surface area contributed by atoms with Gasteiger partial charge in [0.25, 0.3) is 5.91 Å². The normalized spacial score (nSPS) is 11.5. The molecule has 0 saturated heterocycles. The molecule has 0 aliphatic rings. The smallest absolute Gasteiger partial charge is 0.263 e. The Morgan fingerprint density at radius 1 is 1.21 bits per heavy atom. The van der Waals surface area contributed by atoms with E-state index in [9.17, 15) is 9.59 Å². The van der Waals surface area contributed by atoms with E-state index >= 15 is 0 Å². The van der Waals surface area contributed by atoms with E-state index in [0.29, 0.717) is 28.8 Å². The van der Waals surface area contributed by atoms with Gasteiger partial charge in [-0.3, -0.25) is 9.59 Å². The Hall–Kier alpha value is -2.73. The Morgan fingerprint density at radius 2 is 1.96 bits per heavy atom. The lowest BCUT2D eigenvalue weighted by Gasteiger charge is -2.25. The zero-order valence-electron chi connectivity index (χ0n) is 16.5. The summed E-state index contributed by atoms with van der Waals surface area (Å²) in [5.41, 5.74) is 1.44. The fourth-order valence-corrected chi connectivity index (χ4v) is 2.89. The number of carbonyl (C=O) groups is 2. The number of benzene rings is 2. The molecule has 6 nitrogen and oxygen atoms in total. The molecule has 2 rings (SSSR count). The van der Waals surface area contributed by atoms with Crippen LogP contribution in [0.4, 0.5) is 5.69 Å². The second-order valence-corrected chi connectivity index (χ2v) is 6.74. The van der Waals surface area contributed by atoms with Crippen molar-refractivity contribution in [2.24, 2.45) is 0 Å². The number of hydrogen-bond donors (Lipinski definition) is 1. The summed E-state index contributed by atoms with van der Waals surface area (Å²) in [5.74, 6) is 0.666. The van der Waals surface area contributed by atoms with Gasteiger partial charge < -0.3 is 19.7 Å². The lowest BCUT2D eigenvalue weighted by Crippen LogP contribution is -2.44. The van der Waals surface area contributed by atoms with Gasteiger partial charge in [0, 0.05) is 23.3 Å². The van der Waals surface area contributed by atoms with Crippen molar-refractivity contribution in [3.05, 3.63) is 53.1 Å². The molecule has 1 N–H and O–H groups in total. The lowest BCUT2D eigenvalue weighted by molar-refractivity contribution is -0.140. The van der Waals surface area contributed by atoms with Crippen LogP contribution in [0.25, 0.3) is 0 Å². The molecule has 0 aromatic heterocycles. The number of carbonyl (C=O) groups excluding carboxylic acids is 2. The van der Waals surface area contributed by atoms with E-state index in [2.05, 4.69) is 5.32 Å². The van der Waals surface area contributed by atoms with Gasteiger partial charge in [-0.15, -0.1) is 0 Å². The molecule has 0 spiro atoms. The number of halogens is 1. The molecule has 0 bridgehead atoms. The highest BCUT2D eigenvalue weighted by molar-refractivity contribution is 6.30. The number of hydrogen-bond acceptors (Lipinski definition) is 4. The summed E-state index contributed by atoms with van der Waals surface area (Å²) in [6.45, 7) is 5.66. The van der Waals surface area contributed by atoms with E-state index in [0.717, 1.165) is 5.56 Å². The summed E-state index contributed by atoms with van der Waals surface area (Å²) in [4.78, 5) is 26.5. The number of aryl methyl sites for hydroxylation is 1. The van der Waals surface area contributed by atoms with Crippen molar-refractivity contribution in [2.45, 2.75) is 26.9 Å². The third-order valence-corrected chi connectivity index (χ3v) is 4.40. The summed E-state index contributed by atoms with van der Waals surface area (Å²) in [5, 5.41) is 3.38. The fourth-order valence-electron chi connectivity index (χ4n) is 2.66. The van der Waals surface area contributed by atoms with Crippen molar-refractivity contribution in [3.8, 4) is 11.5 Å². The van der Waals surface area contributed by atoms with Crippen LogP contribution in [0.15, 0.2) is 42.5 Å². The number of amides is 2. The molecule has 1 unspecified atom stereocenters. The monoisotopic (exact) mass is 404 g/mol. The first-order chi connectivity index (χ1) is 13.3. The van der Waals surface area contributed by atoms with E-state index in [1.54, 1.807) is 56.5 Å². The van der Waals surface area contributed by atoms with E-state index in [-0.39, 0.29) is 18.4 Å². The number of nitrogens with zero attached hydrogens (tertiary/aromatic N) is 1. The van der Waals surface area contributed by atoms with Crippen LogP contribution in [0, 0.1) is 6.92 Å². The van der Waals surface area contributed by atoms with Crippen molar-refractivity contribution in [1.29, 1.82) is 0 Å². The van der Waals surface area contributed by atoms with Crippen molar-refractivity contribution in [2.75, 3.05) is 25.5 Å². The first kappa shape index (κ1) is 21.6. The maximum absolute atomic E-state index is 12.7. The van der Waals surface area contributed by atoms with Gasteiger partial charge in [0.2, 0.25) is 5.91 Å². The molecule has 7 heteroatoms. The van der Waals surface area contributed by atoms with Gasteiger partial charge in [-0.1, -0.05) is 17.7 Å². The molecule has 0 radical (unpaired) electrons. The first-order valence-corrected chi connectivity index (χ1v) is 9.37. The van der Waals surface area contributed by atoms with Crippen molar-refractivity contribution in [3.63, 3.8) is 0 Å². The fraction of sp³-hybridized carbons (Fsp3) is 0.333. The zero-order valence-corrected chi connectivity index (χ0v) is 17.2. The van der Waals surface area contributed by atoms with Gasteiger partial charge in [-0.2, -0.15) is 0 Å². The molecule has 0 heterocycles. The molecule has 0 fully saturated rings. The highest BCUT2D eigenvalue weighted by Crippen LogP contribution is 2.23. The van der Waals surface area contributed by atoms with E-state index in [1.165, 1.54) is 4.90 Å². The molecule has 28 heavy (non-hydrogen) atoms. The number of likely N-dealkylation sites (N-methyl/N-ethyl adjacent to an activating group) is 1. The molecule has 0 aliphatic carbocycles. The lowest BCUT2D eigenvalue weighted by atomic mass is 10.2. The number of methoxy groups -OCH3 is 1. The first-order valence-electron chi connectivity index (χ1n) is 8.99. The summed E-state index contributed by atoms with van der Waals surface area (Å²) in [6.07, 6.45) is -0.732. The van der Waals surface area contributed by atoms with Crippen molar-refractivity contribution >= 4 is 29.1 Å². The van der Waals surface area contributed by atoms with Crippen LogP contribution in [0.3, 0.4) is 0 Å². The Morgan fingerprint density at radius 3 is 2.61 bits per heavy atom.